The lowest BCUT2D eigenvalue weighted by Crippen LogP contribution is -2.40. The van der Waals surface area contributed by atoms with E-state index in [1.807, 2.05) is 6.92 Å². The highest BCUT2D eigenvalue weighted by Gasteiger charge is 2.32. The minimum atomic E-state index is -0.383. The van der Waals surface area contributed by atoms with Gasteiger partial charge in [0.25, 0.3) is 0 Å². The van der Waals surface area contributed by atoms with Crippen LogP contribution in [0.3, 0.4) is 0 Å². The summed E-state index contributed by atoms with van der Waals surface area (Å²) in [6, 6.07) is 3.13. The molecule has 1 aromatic rings. The molecule has 0 unspecified atom stereocenters. The summed E-state index contributed by atoms with van der Waals surface area (Å²) in [5.41, 5.74) is 7.88. The Kier molecular flexibility index (Phi) is 4.96. The van der Waals surface area contributed by atoms with Crippen molar-refractivity contribution >= 4 is 11.4 Å². The van der Waals surface area contributed by atoms with Crippen molar-refractivity contribution in [2.24, 2.45) is 5.41 Å². The predicted octanol–water partition coefficient (Wildman–Crippen LogP) is 4.21. The molecular weight excluding hydrogens is 267 g/mol. The van der Waals surface area contributed by atoms with Crippen molar-refractivity contribution in [2.75, 3.05) is 30.3 Å². The van der Waals surface area contributed by atoms with Crippen molar-refractivity contribution in [2.45, 2.75) is 46.5 Å². The predicted molar refractivity (Wildman–Crippen MR) is 86.4 cm³/mol. The molecule has 0 aromatic heterocycles. The van der Waals surface area contributed by atoms with Gasteiger partial charge < -0.3 is 15.4 Å². The Hall–Kier alpha value is -1.45. The van der Waals surface area contributed by atoms with Crippen LogP contribution in [0.2, 0.25) is 0 Å². The lowest BCUT2D eigenvalue weighted by atomic mass is 9.74. The third-order valence-electron chi connectivity index (χ3n) is 5.05. The fourth-order valence-electron chi connectivity index (χ4n) is 3.28. The fraction of sp³-hybridized carbons (Fsp3) is 0.647. The third kappa shape index (κ3) is 3.25. The summed E-state index contributed by atoms with van der Waals surface area (Å²) in [6.07, 6.45) is 4.78. The lowest BCUT2D eigenvalue weighted by Gasteiger charge is -2.42. The molecule has 0 saturated carbocycles. The number of hydrogen-bond acceptors (Lipinski definition) is 3. The number of ether oxygens (including phenoxy) is 1. The van der Waals surface area contributed by atoms with Crippen LogP contribution in [0.25, 0.3) is 0 Å². The summed E-state index contributed by atoms with van der Waals surface area (Å²) in [7, 11) is 0. The van der Waals surface area contributed by atoms with Gasteiger partial charge in [-0.15, -0.1) is 0 Å². The molecule has 1 saturated heterocycles. The van der Waals surface area contributed by atoms with E-state index in [-0.39, 0.29) is 5.82 Å². The third-order valence-corrected chi connectivity index (χ3v) is 5.05. The smallest absolute Gasteiger partial charge is 0.167 e. The number of piperidine rings is 1. The Morgan fingerprint density at radius 1 is 1.19 bits per heavy atom. The van der Waals surface area contributed by atoms with Gasteiger partial charge in [0.2, 0.25) is 0 Å². The van der Waals surface area contributed by atoms with Crippen LogP contribution in [0.4, 0.5) is 15.8 Å². The monoisotopic (exact) mass is 294 g/mol. The van der Waals surface area contributed by atoms with Crippen LogP contribution in [0.1, 0.15) is 46.5 Å². The van der Waals surface area contributed by atoms with E-state index in [4.69, 9.17) is 10.5 Å². The average Bonchev–Trinajstić information content (AvgIpc) is 2.50. The van der Waals surface area contributed by atoms with Gasteiger partial charge in [0, 0.05) is 25.2 Å². The summed E-state index contributed by atoms with van der Waals surface area (Å²) in [4.78, 5) is 2.26. The number of nitrogens with two attached hydrogens (primary N) is 1. The highest BCUT2D eigenvalue weighted by Crippen LogP contribution is 2.41. The first-order chi connectivity index (χ1) is 10.0. The molecular formula is C17H27FN2O. The van der Waals surface area contributed by atoms with Crippen LogP contribution in [0.5, 0.6) is 5.75 Å². The first-order valence-corrected chi connectivity index (χ1v) is 8.02. The molecule has 3 nitrogen and oxygen atoms in total. The molecule has 2 N–H and O–H groups in total. The second kappa shape index (κ2) is 6.54. The molecule has 0 bridgehead atoms. The topological polar surface area (TPSA) is 38.5 Å². The highest BCUT2D eigenvalue weighted by molar-refractivity contribution is 5.70. The lowest BCUT2D eigenvalue weighted by molar-refractivity contribution is 0.199. The Labute approximate surface area is 127 Å². The molecule has 0 amide bonds. The maximum Gasteiger partial charge on any atom is 0.167 e. The van der Waals surface area contributed by atoms with E-state index in [0.29, 0.717) is 23.5 Å². The Morgan fingerprint density at radius 3 is 2.33 bits per heavy atom. The molecule has 0 spiro atoms. The van der Waals surface area contributed by atoms with Crippen LogP contribution < -0.4 is 15.4 Å². The number of nitrogen functional groups attached to an aromatic ring is 1. The van der Waals surface area contributed by atoms with Gasteiger partial charge in [-0.25, -0.2) is 4.39 Å². The van der Waals surface area contributed by atoms with E-state index in [1.165, 1.54) is 31.7 Å². The molecule has 1 heterocycles. The average molecular weight is 294 g/mol. The first kappa shape index (κ1) is 15.9. The van der Waals surface area contributed by atoms with Crippen molar-refractivity contribution in [3.8, 4) is 5.75 Å². The highest BCUT2D eigenvalue weighted by atomic mass is 19.1. The first-order valence-electron chi connectivity index (χ1n) is 8.02. The quantitative estimate of drug-likeness (QED) is 0.827. The molecule has 1 aliphatic rings. The number of anilines is 2. The molecule has 0 atom stereocenters. The summed E-state index contributed by atoms with van der Waals surface area (Å²) in [5.74, 6) is -0.0870. The summed E-state index contributed by atoms with van der Waals surface area (Å²) >= 11 is 0. The fourth-order valence-corrected chi connectivity index (χ4v) is 3.28. The van der Waals surface area contributed by atoms with Crippen LogP contribution >= 0.6 is 0 Å². The van der Waals surface area contributed by atoms with Crippen LogP contribution in [-0.4, -0.2) is 19.7 Å². The minimum absolute atomic E-state index is 0.296. The van der Waals surface area contributed by atoms with E-state index in [0.717, 1.165) is 18.8 Å². The molecule has 4 heteroatoms. The van der Waals surface area contributed by atoms with Gasteiger partial charge in [0.05, 0.1) is 18.0 Å². The minimum Gasteiger partial charge on any atom is -0.491 e. The van der Waals surface area contributed by atoms with Crippen LogP contribution in [-0.2, 0) is 0 Å². The molecule has 1 aliphatic heterocycles. The van der Waals surface area contributed by atoms with E-state index < -0.39 is 0 Å². The molecule has 0 aliphatic carbocycles. The van der Waals surface area contributed by atoms with Gasteiger partial charge in [-0.3, -0.25) is 0 Å². The van der Waals surface area contributed by atoms with E-state index in [2.05, 4.69) is 18.7 Å². The molecule has 118 valence electrons. The number of nitrogens with zero attached hydrogens (tertiary/aromatic N) is 1. The van der Waals surface area contributed by atoms with E-state index in [9.17, 15) is 4.39 Å². The Morgan fingerprint density at radius 2 is 1.81 bits per heavy atom. The van der Waals surface area contributed by atoms with Gasteiger partial charge in [0.1, 0.15) is 0 Å². The SMILES string of the molecule is CCOc1cc(N2CCC(CC)(CC)CC2)c(N)cc1F. The number of hydrogen-bond donors (Lipinski definition) is 1. The van der Waals surface area contributed by atoms with Gasteiger partial charge in [-0.1, -0.05) is 26.7 Å². The van der Waals surface area contributed by atoms with Crippen molar-refractivity contribution in [1.82, 2.24) is 0 Å². The Balaban J connectivity index is 2.18. The molecule has 1 fully saturated rings. The standard InChI is InChI=1S/C17H27FN2O/c1-4-17(5-2)7-9-20(10-8-17)15-12-16(21-6-3)13(18)11-14(15)19/h11-12H,4-10,19H2,1-3H3. The number of benzene rings is 1. The second-order valence-corrected chi connectivity index (χ2v) is 5.97. The summed E-state index contributed by atoms with van der Waals surface area (Å²) in [6.45, 7) is 8.81. The van der Waals surface area contributed by atoms with Gasteiger partial charge in [-0.05, 0) is 25.2 Å². The summed E-state index contributed by atoms with van der Waals surface area (Å²) < 4.78 is 19.1. The normalized spacial score (nSPS) is 17.8. The van der Waals surface area contributed by atoms with Crippen LogP contribution in [0, 0.1) is 11.2 Å². The zero-order chi connectivity index (χ0) is 15.5. The van der Waals surface area contributed by atoms with Crippen molar-refractivity contribution in [3.05, 3.63) is 17.9 Å². The van der Waals surface area contributed by atoms with E-state index in [1.54, 1.807) is 6.07 Å². The van der Waals surface area contributed by atoms with Gasteiger partial charge in [0.15, 0.2) is 11.6 Å². The zero-order valence-electron chi connectivity index (χ0n) is 13.4. The maximum absolute atomic E-state index is 13.8. The second-order valence-electron chi connectivity index (χ2n) is 5.97. The van der Waals surface area contributed by atoms with Crippen molar-refractivity contribution < 1.29 is 9.13 Å². The zero-order valence-corrected chi connectivity index (χ0v) is 13.4. The molecule has 2 rings (SSSR count). The maximum atomic E-state index is 13.8. The number of rotatable bonds is 5. The van der Waals surface area contributed by atoms with E-state index >= 15 is 0 Å². The number of halogens is 1. The van der Waals surface area contributed by atoms with Crippen molar-refractivity contribution in [1.29, 1.82) is 0 Å². The molecule has 21 heavy (non-hydrogen) atoms. The van der Waals surface area contributed by atoms with Crippen molar-refractivity contribution in [3.63, 3.8) is 0 Å². The summed E-state index contributed by atoms with van der Waals surface area (Å²) in [5, 5.41) is 0. The molecule has 0 radical (unpaired) electrons. The van der Waals surface area contributed by atoms with Gasteiger partial charge >= 0.3 is 0 Å². The Bertz CT molecular complexity index is 476. The van der Waals surface area contributed by atoms with Gasteiger partial charge in [-0.2, -0.15) is 0 Å². The van der Waals surface area contributed by atoms with Crippen LogP contribution in [0.15, 0.2) is 12.1 Å². The largest absolute Gasteiger partial charge is 0.491 e. The molecule has 1 aromatic carbocycles.